The number of quaternary nitrogens is 1. The van der Waals surface area contributed by atoms with Gasteiger partial charge >= 0.3 is 0 Å². The molecule has 0 radical (unpaired) electrons. The number of aromatic nitrogens is 4. The van der Waals surface area contributed by atoms with Gasteiger partial charge < -0.3 is 10.4 Å². The van der Waals surface area contributed by atoms with Crippen LogP contribution in [-0.2, 0) is 13.6 Å². The van der Waals surface area contributed by atoms with E-state index >= 15 is 0 Å². The van der Waals surface area contributed by atoms with Crippen molar-refractivity contribution in [3.05, 3.63) is 40.7 Å². The first kappa shape index (κ1) is 12.9. The van der Waals surface area contributed by atoms with E-state index in [2.05, 4.69) is 15.4 Å². The maximum absolute atomic E-state index is 9.83. The zero-order valence-electron chi connectivity index (χ0n) is 9.99. The van der Waals surface area contributed by atoms with Crippen molar-refractivity contribution in [1.29, 1.82) is 0 Å². The van der Waals surface area contributed by atoms with Crippen LogP contribution in [0.5, 0.6) is 0 Å². The van der Waals surface area contributed by atoms with Crippen LogP contribution in [0.15, 0.2) is 24.3 Å². The Hall–Kier alpha value is -1.50. The lowest BCUT2D eigenvalue weighted by Crippen LogP contribution is -2.83. The van der Waals surface area contributed by atoms with Crippen LogP contribution in [0, 0.1) is 0 Å². The summed E-state index contributed by atoms with van der Waals surface area (Å²) in [5.41, 5.74) is 1.15. The van der Waals surface area contributed by atoms with Crippen LogP contribution in [0.1, 0.15) is 17.5 Å². The molecule has 0 saturated heterocycles. The molecular weight excluding hydrogens is 254 g/mol. The number of aryl methyl sites for hydroxylation is 1. The number of tetrazole rings is 1. The average molecular weight is 269 g/mol. The minimum atomic E-state index is -0.703. The van der Waals surface area contributed by atoms with Gasteiger partial charge in [-0.3, -0.25) is 0 Å². The number of hydrogen-bond acceptors (Lipinski definition) is 4. The van der Waals surface area contributed by atoms with E-state index in [9.17, 15) is 5.11 Å². The van der Waals surface area contributed by atoms with Crippen molar-refractivity contribution in [2.45, 2.75) is 12.6 Å². The molecule has 0 fully saturated rings. The molecule has 2 rings (SSSR count). The molecule has 2 aromatic rings. The topological polar surface area (TPSA) is 80.4 Å². The quantitative estimate of drug-likeness (QED) is 0.778. The summed E-state index contributed by atoms with van der Waals surface area (Å²) in [5, 5.41) is 23.9. The maximum atomic E-state index is 9.83. The number of aliphatic hydroxyl groups excluding tert-OH is 1. The first-order chi connectivity index (χ1) is 8.65. The van der Waals surface area contributed by atoms with E-state index in [0.717, 1.165) is 17.1 Å². The third-order valence-corrected chi connectivity index (χ3v) is 2.76. The molecule has 0 bridgehead atoms. The van der Waals surface area contributed by atoms with Gasteiger partial charge in [0.1, 0.15) is 13.1 Å². The molecule has 7 heteroatoms. The first-order valence-electron chi connectivity index (χ1n) is 5.63. The molecule has 0 amide bonds. The van der Waals surface area contributed by atoms with Crippen molar-refractivity contribution >= 4 is 11.6 Å². The summed E-state index contributed by atoms with van der Waals surface area (Å²) < 4.78 is 0. The Bertz CT molecular complexity index is 498. The van der Waals surface area contributed by atoms with Gasteiger partial charge in [-0.05, 0) is 17.3 Å². The second-order valence-electron chi connectivity index (χ2n) is 4.01. The normalized spacial score (nSPS) is 12.6. The highest BCUT2D eigenvalue weighted by atomic mass is 35.5. The van der Waals surface area contributed by atoms with Crippen LogP contribution in [-0.4, -0.2) is 31.9 Å². The third kappa shape index (κ3) is 3.49. The number of nitrogens with zero attached hydrogens (tertiary/aromatic N) is 4. The predicted octanol–water partition coefficient (Wildman–Crippen LogP) is -0.340. The Balaban J connectivity index is 1.80. The lowest BCUT2D eigenvalue weighted by atomic mass is 10.2. The molecule has 1 heterocycles. The molecule has 1 aromatic carbocycles. The molecular formula is C11H15ClN5O+. The lowest BCUT2D eigenvalue weighted by Gasteiger charge is -2.05. The van der Waals surface area contributed by atoms with Crippen LogP contribution >= 0.6 is 11.6 Å². The van der Waals surface area contributed by atoms with E-state index in [0.29, 0.717) is 12.4 Å². The van der Waals surface area contributed by atoms with Crippen molar-refractivity contribution in [3.8, 4) is 0 Å². The monoisotopic (exact) mass is 268 g/mol. The molecule has 18 heavy (non-hydrogen) atoms. The van der Waals surface area contributed by atoms with Gasteiger partial charge in [0, 0.05) is 10.6 Å². The van der Waals surface area contributed by atoms with Crippen molar-refractivity contribution < 1.29 is 10.4 Å². The summed E-state index contributed by atoms with van der Waals surface area (Å²) >= 11 is 5.80. The van der Waals surface area contributed by atoms with Crippen LogP contribution in [0.4, 0.5) is 0 Å². The van der Waals surface area contributed by atoms with E-state index < -0.39 is 6.10 Å². The first-order valence-corrected chi connectivity index (χ1v) is 6.01. The Kier molecular flexibility index (Phi) is 4.24. The molecule has 1 atom stereocenters. The highest BCUT2D eigenvalue weighted by molar-refractivity contribution is 6.30. The summed E-state index contributed by atoms with van der Waals surface area (Å²) in [4.78, 5) is 1.33. The lowest BCUT2D eigenvalue weighted by molar-refractivity contribution is -0.677. The van der Waals surface area contributed by atoms with Crippen LogP contribution in [0.25, 0.3) is 0 Å². The maximum Gasteiger partial charge on any atom is 0.208 e. The van der Waals surface area contributed by atoms with Gasteiger partial charge in [-0.15, -0.1) is 10.2 Å². The predicted molar refractivity (Wildman–Crippen MR) is 65.7 cm³/mol. The van der Waals surface area contributed by atoms with Crippen LogP contribution in [0.2, 0.25) is 5.02 Å². The molecule has 0 aliphatic carbocycles. The number of nitrogens with two attached hydrogens (primary N) is 1. The SMILES string of the molecule is Cn1nnc([C@H](O)C[NH2+]Cc2ccc(Cl)cc2)n1. The highest BCUT2D eigenvalue weighted by Crippen LogP contribution is 2.08. The average Bonchev–Trinajstić information content (AvgIpc) is 2.78. The van der Waals surface area contributed by atoms with Gasteiger partial charge in [-0.25, -0.2) is 0 Å². The number of rotatable bonds is 5. The fourth-order valence-electron chi connectivity index (χ4n) is 1.57. The van der Waals surface area contributed by atoms with Crippen LogP contribution < -0.4 is 5.32 Å². The summed E-state index contributed by atoms with van der Waals surface area (Å²) in [6.07, 6.45) is -0.703. The van der Waals surface area contributed by atoms with Gasteiger partial charge in [0.05, 0.1) is 7.05 Å². The number of benzene rings is 1. The van der Waals surface area contributed by atoms with Gasteiger partial charge in [0.2, 0.25) is 5.82 Å². The molecule has 3 N–H and O–H groups in total. The Morgan fingerprint density at radius 3 is 2.72 bits per heavy atom. The fraction of sp³-hybridized carbons (Fsp3) is 0.364. The molecule has 0 unspecified atom stereocenters. The van der Waals surface area contributed by atoms with Crippen molar-refractivity contribution in [2.75, 3.05) is 6.54 Å². The van der Waals surface area contributed by atoms with Crippen LogP contribution in [0.3, 0.4) is 0 Å². The van der Waals surface area contributed by atoms with Gasteiger partial charge in [-0.1, -0.05) is 23.7 Å². The summed E-state index contributed by atoms with van der Waals surface area (Å²) in [5.74, 6) is 0.352. The van der Waals surface area contributed by atoms with Crippen molar-refractivity contribution in [3.63, 3.8) is 0 Å². The minimum Gasteiger partial charge on any atom is -0.379 e. The van der Waals surface area contributed by atoms with E-state index in [1.54, 1.807) is 7.05 Å². The zero-order chi connectivity index (χ0) is 13.0. The van der Waals surface area contributed by atoms with E-state index in [4.69, 9.17) is 11.6 Å². The smallest absolute Gasteiger partial charge is 0.208 e. The molecule has 1 aromatic heterocycles. The molecule has 0 aliphatic heterocycles. The molecule has 0 spiro atoms. The van der Waals surface area contributed by atoms with E-state index in [-0.39, 0.29) is 0 Å². The molecule has 6 nitrogen and oxygen atoms in total. The van der Waals surface area contributed by atoms with E-state index in [1.807, 2.05) is 29.6 Å². The molecule has 96 valence electrons. The van der Waals surface area contributed by atoms with Crippen molar-refractivity contribution in [1.82, 2.24) is 20.2 Å². The largest absolute Gasteiger partial charge is 0.379 e. The highest BCUT2D eigenvalue weighted by Gasteiger charge is 2.14. The standard InChI is InChI=1S/C11H14ClN5O/c1-17-15-11(14-16-17)10(18)7-13-6-8-2-4-9(12)5-3-8/h2-5,10,13,18H,6-7H2,1H3/p+1/t10-/m1/s1. The second-order valence-corrected chi connectivity index (χ2v) is 4.44. The van der Waals surface area contributed by atoms with Crippen molar-refractivity contribution in [2.24, 2.45) is 7.05 Å². The zero-order valence-corrected chi connectivity index (χ0v) is 10.7. The summed E-state index contributed by atoms with van der Waals surface area (Å²) in [6.45, 7) is 1.27. The fourth-order valence-corrected chi connectivity index (χ4v) is 1.69. The summed E-state index contributed by atoms with van der Waals surface area (Å²) in [6, 6.07) is 7.63. The summed E-state index contributed by atoms with van der Waals surface area (Å²) in [7, 11) is 1.67. The van der Waals surface area contributed by atoms with Gasteiger partial charge in [-0.2, -0.15) is 4.80 Å². The number of aliphatic hydroxyl groups is 1. The van der Waals surface area contributed by atoms with Gasteiger partial charge in [0.25, 0.3) is 0 Å². The van der Waals surface area contributed by atoms with Gasteiger partial charge in [0.15, 0.2) is 6.10 Å². The Labute approximate surface area is 110 Å². The Morgan fingerprint density at radius 1 is 1.39 bits per heavy atom. The Morgan fingerprint density at radius 2 is 2.11 bits per heavy atom. The minimum absolute atomic E-state index is 0.352. The second kappa shape index (κ2) is 5.90. The molecule has 0 saturated carbocycles. The van der Waals surface area contributed by atoms with E-state index in [1.165, 1.54) is 4.80 Å². The number of hydrogen-bond donors (Lipinski definition) is 2. The molecule has 0 aliphatic rings. The third-order valence-electron chi connectivity index (χ3n) is 2.51. The number of halogens is 1.